The van der Waals surface area contributed by atoms with Gasteiger partial charge in [0.25, 0.3) is 0 Å². The van der Waals surface area contributed by atoms with E-state index in [9.17, 15) is 14.4 Å². The summed E-state index contributed by atoms with van der Waals surface area (Å²) in [4.78, 5) is 38.3. The van der Waals surface area contributed by atoms with Crippen LogP contribution in [0.3, 0.4) is 0 Å². The Hall–Kier alpha value is -3.41. The molecule has 0 aromatic rings. The smallest absolute Gasteiger partial charge is 0.306 e. The van der Waals surface area contributed by atoms with Crippen LogP contribution in [0.2, 0.25) is 0 Å². The quantitative estimate of drug-likeness (QED) is 0.0261. The van der Waals surface area contributed by atoms with E-state index in [4.69, 9.17) is 14.2 Å². The minimum atomic E-state index is -0.793. The zero-order valence-electron chi connectivity index (χ0n) is 50.3. The molecule has 6 heteroatoms. The van der Waals surface area contributed by atoms with Crippen molar-refractivity contribution in [2.75, 3.05) is 13.2 Å². The highest BCUT2D eigenvalue weighted by atomic mass is 16.6. The van der Waals surface area contributed by atoms with Crippen molar-refractivity contribution >= 4 is 17.9 Å². The Balaban J connectivity index is 4.25. The van der Waals surface area contributed by atoms with Crippen LogP contribution in [-0.4, -0.2) is 37.2 Å². The largest absolute Gasteiger partial charge is 0.462 e. The molecule has 0 aliphatic heterocycles. The maximum Gasteiger partial charge on any atom is 0.306 e. The fraction of sp³-hybridized carbons (Fsp3) is 0.757. The van der Waals surface area contributed by atoms with Crippen molar-refractivity contribution in [1.82, 2.24) is 0 Å². The third kappa shape index (κ3) is 61.4. The van der Waals surface area contributed by atoms with Crippen LogP contribution in [0.1, 0.15) is 323 Å². The lowest BCUT2D eigenvalue weighted by molar-refractivity contribution is -0.167. The maximum atomic E-state index is 12.9. The maximum absolute atomic E-state index is 12.9. The van der Waals surface area contributed by atoms with Crippen LogP contribution in [0.15, 0.2) is 85.1 Å². The van der Waals surface area contributed by atoms with E-state index in [0.717, 1.165) is 109 Å². The molecule has 0 heterocycles. The van der Waals surface area contributed by atoms with Crippen LogP contribution < -0.4 is 0 Å². The van der Waals surface area contributed by atoms with E-state index in [1.807, 2.05) is 0 Å². The van der Waals surface area contributed by atoms with Crippen molar-refractivity contribution in [1.29, 1.82) is 0 Å². The average Bonchev–Trinajstić information content (AvgIpc) is 3.42. The highest BCUT2D eigenvalue weighted by molar-refractivity contribution is 5.71. The number of carbonyl (C=O) groups excluding carboxylic acids is 3. The fourth-order valence-corrected chi connectivity index (χ4v) is 9.23. The van der Waals surface area contributed by atoms with Gasteiger partial charge >= 0.3 is 17.9 Å². The van der Waals surface area contributed by atoms with Crippen molar-refractivity contribution in [3.8, 4) is 0 Å². The van der Waals surface area contributed by atoms with Gasteiger partial charge in [0.1, 0.15) is 13.2 Å². The Kier molecular flexibility index (Phi) is 61.2. The minimum Gasteiger partial charge on any atom is -0.462 e. The molecule has 0 fully saturated rings. The predicted molar refractivity (Wildman–Crippen MR) is 330 cm³/mol. The molecule has 0 radical (unpaired) electrons. The Morgan fingerprint density at radius 1 is 0.276 bits per heavy atom. The summed E-state index contributed by atoms with van der Waals surface area (Å²) in [5.41, 5.74) is 0. The number of allylic oxidation sites excluding steroid dienone is 14. The molecule has 0 aliphatic carbocycles. The molecule has 0 bridgehead atoms. The molecule has 1 atom stereocenters. The van der Waals surface area contributed by atoms with Crippen molar-refractivity contribution in [3.05, 3.63) is 85.1 Å². The van der Waals surface area contributed by atoms with Crippen LogP contribution >= 0.6 is 0 Å². The van der Waals surface area contributed by atoms with Crippen LogP contribution in [0.4, 0.5) is 0 Å². The van der Waals surface area contributed by atoms with Gasteiger partial charge in [0, 0.05) is 19.3 Å². The van der Waals surface area contributed by atoms with E-state index in [1.165, 1.54) is 173 Å². The predicted octanol–water partition coefficient (Wildman–Crippen LogP) is 22.3. The van der Waals surface area contributed by atoms with Gasteiger partial charge in [-0.25, -0.2) is 0 Å². The van der Waals surface area contributed by atoms with Crippen molar-refractivity contribution in [3.63, 3.8) is 0 Å². The van der Waals surface area contributed by atoms with E-state index in [-0.39, 0.29) is 31.1 Å². The Bertz CT molecular complexity index is 1450. The molecule has 438 valence electrons. The standard InChI is InChI=1S/C70H122O6/c1-4-7-10-13-16-19-22-25-27-29-30-31-32-33-34-35-36-37-38-39-40-41-43-45-48-51-54-57-60-63-69(72)75-66-67(65-74-68(71)62-59-56-53-50-47-44-24-21-18-15-12-9-6-3)76-70(73)64-61-58-55-52-49-46-42-28-26-23-20-17-14-11-8-5-2/h9,12,18,21-22,25,28-30,32-33,42,44,47,67H,4-8,10-11,13-17,19-20,23-24,26-27,31,34-41,43,45-46,48-66H2,1-3H3/b12-9-,21-18-,25-22-,30-29-,33-32-,42-28-,47-44-. The molecular weight excluding hydrogens is 937 g/mol. The summed E-state index contributed by atoms with van der Waals surface area (Å²) in [5, 5.41) is 0. The first-order valence-electron chi connectivity index (χ1n) is 32.6. The van der Waals surface area contributed by atoms with Crippen molar-refractivity contribution < 1.29 is 28.6 Å². The summed E-state index contributed by atoms with van der Waals surface area (Å²) in [6, 6.07) is 0. The van der Waals surface area contributed by atoms with Crippen LogP contribution in [0.25, 0.3) is 0 Å². The van der Waals surface area contributed by atoms with Gasteiger partial charge in [0.05, 0.1) is 0 Å². The SMILES string of the molecule is CC/C=C\C/C=C\C/C=C\CCCCCC(=O)OCC(COC(=O)CCCCCCCCCCCCCCCC/C=C\C/C=C\C/C=C\CCCCCCC)OC(=O)CCCCCCC/C=C\CCCCCCCCC. The van der Waals surface area contributed by atoms with Gasteiger partial charge < -0.3 is 14.2 Å². The third-order valence-corrected chi connectivity index (χ3v) is 14.1. The first kappa shape index (κ1) is 72.6. The molecule has 0 rings (SSSR count). The van der Waals surface area contributed by atoms with Crippen LogP contribution in [0, 0.1) is 0 Å². The molecule has 0 saturated carbocycles. The van der Waals surface area contributed by atoms with Crippen LogP contribution in [0.5, 0.6) is 0 Å². The molecule has 1 unspecified atom stereocenters. The van der Waals surface area contributed by atoms with Gasteiger partial charge in [0.2, 0.25) is 0 Å². The lowest BCUT2D eigenvalue weighted by atomic mass is 10.0. The van der Waals surface area contributed by atoms with E-state index in [2.05, 4.69) is 106 Å². The summed E-state index contributed by atoms with van der Waals surface area (Å²) in [6.45, 7) is 6.51. The highest BCUT2D eigenvalue weighted by Crippen LogP contribution is 2.16. The topological polar surface area (TPSA) is 78.9 Å². The van der Waals surface area contributed by atoms with Gasteiger partial charge in [-0.2, -0.15) is 0 Å². The summed E-state index contributed by atoms with van der Waals surface area (Å²) >= 11 is 0. The second-order valence-electron chi connectivity index (χ2n) is 21.6. The summed E-state index contributed by atoms with van der Waals surface area (Å²) in [7, 11) is 0. The first-order chi connectivity index (χ1) is 37.5. The number of esters is 3. The van der Waals surface area contributed by atoms with Crippen LogP contribution in [-0.2, 0) is 28.6 Å². The van der Waals surface area contributed by atoms with Gasteiger partial charge in [-0.15, -0.1) is 0 Å². The molecule has 0 aromatic heterocycles. The van der Waals surface area contributed by atoms with Crippen molar-refractivity contribution in [2.45, 2.75) is 329 Å². The monoisotopic (exact) mass is 1060 g/mol. The van der Waals surface area contributed by atoms with Gasteiger partial charge in [-0.1, -0.05) is 273 Å². The molecule has 0 saturated heterocycles. The normalized spacial score (nSPS) is 12.6. The van der Waals surface area contributed by atoms with E-state index < -0.39 is 6.10 Å². The first-order valence-corrected chi connectivity index (χ1v) is 32.6. The van der Waals surface area contributed by atoms with Gasteiger partial charge in [0.15, 0.2) is 6.10 Å². The summed E-state index contributed by atoms with van der Waals surface area (Å²) in [5.74, 6) is -0.917. The molecule has 0 spiro atoms. The van der Waals surface area contributed by atoms with Gasteiger partial charge in [-0.05, 0) is 116 Å². The summed E-state index contributed by atoms with van der Waals surface area (Å²) < 4.78 is 16.9. The average molecular weight is 1060 g/mol. The molecule has 0 N–H and O–H groups in total. The number of hydrogen-bond donors (Lipinski definition) is 0. The van der Waals surface area contributed by atoms with Gasteiger partial charge in [-0.3, -0.25) is 14.4 Å². The second kappa shape index (κ2) is 64.1. The number of hydrogen-bond acceptors (Lipinski definition) is 6. The molecule has 0 amide bonds. The molecule has 0 aromatic carbocycles. The number of ether oxygens (including phenoxy) is 3. The van der Waals surface area contributed by atoms with Crippen molar-refractivity contribution in [2.24, 2.45) is 0 Å². The van der Waals surface area contributed by atoms with E-state index >= 15 is 0 Å². The fourth-order valence-electron chi connectivity index (χ4n) is 9.23. The molecular formula is C70H122O6. The van der Waals surface area contributed by atoms with E-state index in [0.29, 0.717) is 19.3 Å². The zero-order valence-corrected chi connectivity index (χ0v) is 50.3. The lowest BCUT2D eigenvalue weighted by Crippen LogP contribution is -2.30. The second-order valence-corrected chi connectivity index (χ2v) is 21.6. The minimum absolute atomic E-state index is 0.0881. The highest BCUT2D eigenvalue weighted by Gasteiger charge is 2.19. The number of carbonyl (C=O) groups is 3. The molecule has 0 aliphatic rings. The zero-order chi connectivity index (χ0) is 55.0. The Labute approximate surface area is 471 Å². The van der Waals surface area contributed by atoms with E-state index in [1.54, 1.807) is 0 Å². The molecule has 6 nitrogen and oxygen atoms in total. The Morgan fingerprint density at radius 3 is 0.829 bits per heavy atom. The summed E-state index contributed by atoms with van der Waals surface area (Å²) in [6.07, 6.45) is 84.6. The lowest BCUT2D eigenvalue weighted by Gasteiger charge is -2.18. The number of rotatable bonds is 59. The third-order valence-electron chi connectivity index (χ3n) is 14.1. The molecule has 76 heavy (non-hydrogen) atoms. The number of unbranched alkanes of at least 4 members (excludes halogenated alkanes) is 34. The Morgan fingerprint density at radius 2 is 0.513 bits per heavy atom.